The van der Waals surface area contributed by atoms with Crippen molar-refractivity contribution >= 4 is 41.8 Å². The van der Waals surface area contributed by atoms with Crippen LogP contribution < -0.4 is 30.6 Å². The molecule has 0 aromatic rings. The smallest absolute Gasteiger partial charge is 0.852 e. The van der Waals surface area contributed by atoms with Crippen molar-refractivity contribution in [3.8, 4) is 0 Å². The minimum atomic E-state index is -1.11. The Morgan fingerprint density at radius 2 is 0.457 bits per heavy atom. The Kier molecular flexibility index (Phi) is 83.0. The molecule has 0 saturated carbocycles. The maximum atomic E-state index is 9.53. The standard InChI is InChI=1S/C5H12O4.6C3H7O.Al.Sb/c6-1-5(2-7,3-8)4-9;6*1-3(2)4;;/h6-9H,1-4H2;6*3H,1-2H3;;/q;6*-1;2*+3. The van der Waals surface area contributed by atoms with Crippen molar-refractivity contribution in [2.45, 2.75) is 120 Å². The molecule has 0 rings (SSSR count). The molecule has 0 saturated heterocycles. The summed E-state index contributed by atoms with van der Waals surface area (Å²) in [6, 6.07) is 0. The molecular formula is C23H54AlO10Sb. The zero-order valence-electron chi connectivity index (χ0n) is 24.1. The molecule has 0 amide bonds. The maximum Gasteiger partial charge on any atom is 3.00 e. The van der Waals surface area contributed by atoms with E-state index < -0.39 is 68.5 Å². The first-order valence-corrected chi connectivity index (χ1v) is 11.0. The van der Waals surface area contributed by atoms with E-state index in [9.17, 15) is 30.6 Å². The van der Waals surface area contributed by atoms with Crippen molar-refractivity contribution in [3.63, 3.8) is 0 Å². The van der Waals surface area contributed by atoms with E-state index in [1.54, 1.807) is 83.1 Å². The minimum Gasteiger partial charge on any atom is -0.852 e. The van der Waals surface area contributed by atoms with Crippen LogP contribution in [0.2, 0.25) is 0 Å². The number of aliphatic hydroxyl groups is 4. The summed E-state index contributed by atoms with van der Waals surface area (Å²) in [5, 5.41) is 91.2. The molecule has 0 aromatic heterocycles. The molecule has 2 radical (unpaired) electrons. The summed E-state index contributed by atoms with van der Waals surface area (Å²) in [4.78, 5) is 0. The quantitative estimate of drug-likeness (QED) is 0.217. The van der Waals surface area contributed by atoms with Crippen LogP contribution >= 0.6 is 0 Å². The van der Waals surface area contributed by atoms with Gasteiger partial charge in [0.05, 0.1) is 31.8 Å². The topological polar surface area (TPSA) is 219 Å². The third kappa shape index (κ3) is 226. The number of hydrogen-bond acceptors (Lipinski definition) is 10. The average Bonchev–Trinajstić information content (AvgIpc) is 2.54. The fourth-order valence-corrected chi connectivity index (χ4v) is 0.300. The summed E-state index contributed by atoms with van der Waals surface area (Å²) in [5.74, 6) is 0. The van der Waals surface area contributed by atoms with Crippen molar-refractivity contribution in [2.24, 2.45) is 5.41 Å². The van der Waals surface area contributed by atoms with E-state index in [4.69, 9.17) is 20.4 Å². The van der Waals surface area contributed by atoms with Gasteiger partial charge in [-0.3, -0.25) is 0 Å². The summed E-state index contributed by atoms with van der Waals surface area (Å²) in [6.45, 7) is 17.7. The van der Waals surface area contributed by atoms with Gasteiger partial charge in [0.1, 0.15) is 0 Å². The molecule has 10 nitrogen and oxygen atoms in total. The van der Waals surface area contributed by atoms with Gasteiger partial charge in [0.25, 0.3) is 0 Å². The zero-order valence-corrected chi connectivity index (χ0v) is 27.8. The Labute approximate surface area is 243 Å². The molecule has 0 atom stereocenters. The van der Waals surface area contributed by atoms with Gasteiger partial charge in [-0.2, -0.15) is 0 Å². The molecular weight excluding hydrogens is 585 g/mol. The molecule has 0 aliphatic rings. The van der Waals surface area contributed by atoms with Crippen LogP contribution in [0.15, 0.2) is 0 Å². The fourth-order valence-electron chi connectivity index (χ4n) is 0.300. The van der Waals surface area contributed by atoms with Crippen molar-refractivity contribution in [1.82, 2.24) is 0 Å². The largest absolute Gasteiger partial charge is 3.00 e. The van der Waals surface area contributed by atoms with Crippen LogP contribution in [-0.2, 0) is 0 Å². The second-order valence-corrected chi connectivity index (χ2v) is 8.42. The van der Waals surface area contributed by atoms with E-state index in [2.05, 4.69) is 0 Å². The minimum absolute atomic E-state index is 0. The normalized spacial score (nSPS) is 9.26. The Balaban J connectivity index is -0.0000000330. The molecule has 35 heavy (non-hydrogen) atoms. The first-order valence-electron chi connectivity index (χ1n) is 11.0. The van der Waals surface area contributed by atoms with Gasteiger partial charge in [0.2, 0.25) is 0 Å². The van der Waals surface area contributed by atoms with Crippen molar-refractivity contribution < 1.29 is 51.1 Å². The summed E-state index contributed by atoms with van der Waals surface area (Å²) < 4.78 is 0. The van der Waals surface area contributed by atoms with Gasteiger partial charge in [0.15, 0.2) is 0 Å². The predicted octanol–water partition coefficient (Wildman–Crippen LogP) is -4.29. The summed E-state index contributed by atoms with van der Waals surface area (Å²) in [6.07, 6.45) is -2.50. The monoisotopic (exact) mass is 638 g/mol. The molecule has 0 aliphatic heterocycles. The van der Waals surface area contributed by atoms with E-state index in [-0.39, 0.29) is 41.8 Å². The average molecular weight is 639 g/mol. The van der Waals surface area contributed by atoms with Gasteiger partial charge < -0.3 is 51.1 Å². The number of hydrogen-bond donors (Lipinski definition) is 4. The molecule has 0 spiro atoms. The van der Waals surface area contributed by atoms with Crippen LogP contribution in [0.4, 0.5) is 0 Å². The van der Waals surface area contributed by atoms with Gasteiger partial charge in [0, 0.05) is 0 Å². The Morgan fingerprint density at radius 1 is 0.400 bits per heavy atom. The van der Waals surface area contributed by atoms with Crippen LogP contribution in [0.1, 0.15) is 83.1 Å². The SMILES string of the molecule is CC(C)[O-].CC(C)[O-].CC(C)[O-].CC(C)[O-].CC(C)[O-].CC(C)[O-].OCC(CO)(CO)CO.[Al+3].[Sb+3]. The predicted molar refractivity (Wildman–Crippen MR) is 133 cm³/mol. The molecule has 0 bridgehead atoms. The van der Waals surface area contributed by atoms with Crippen LogP contribution in [0, 0.1) is 5.41 Å². The second-order valence-electron chi connectivity index (χ2n) is 8.42. The van der Waals surface area contributed by atoms with Crippen LogP contribution in [0.5, 0.6) is 0 Å². The summed E-state index contributed by atoms with van der Waals surface area (Å²) in [7, 11) is 0. The van der Waals surface area contributed by atoms with E-state index in [1.807, 2.05) is 0 Å². The number of rotatable bonds is 4. The van der Waals surface area contributed by atoms with Gasteiger partial charge in [-0.15, -0.1) is 36.6 Å². The molecule has 0 aliphatic carbocycles. The van der Waals surface area contributed by atoms with Crippen molar-refractivity contribution in [1.29, 1.82) is 0 Å². The van der Waals surface area contributed by atoms with Gasteiger partial charge in [-0.25, -0.2) is 0 Å². The number of aliphatic hydroxyl groups excluding tert-OH is 4. The van der Waals surface area contributed by atoms with Gasteiger partial charge >= 0.3 is 41.8 Å². The van der Waals surface area contributed by atoms with E-state index in [1.165, 1.54) is 0 Å². The molecule has 0 aromatic carbocycles. The molecule has 0 fully saturated rings. The fraction of sp³-hybridized carbons (Fsp3) is 1.00. The summed E-state index contributed by atoms with van der Waals surface area (Å²) >= 11 is 0. The first-order chi connectivity index (χ1) is 14.6. The molecule has 4 N–H and O–H groups in total. The molecule has 0 heterocycles. The van der Waals surface area contributed by atoms with Gasteiger partial charge in [-0.05, 0) is 0 Å². The Bertz CT molecular complexity index is 213. The van der Waals surface area contributed by atoms with Crippen molar-refractivity contribution in [2.75, 3.05) is 26.4 Å². The van der Waals surface area contributed by atoms with Crippen LogP contribution in [0.3, 0.4) is 0 Å². The molecule has 0 unspecified atom stereocenters. The van der Waals surface area contributed by atoms with Crippen LogP contribution in [-0.4, -0.2) is 125 Å². The third-order valence-corrected chi connectivity index (χ3v) is 1.34. The van der Waals surface area contributed by atoms with Crippen LogP contribution in [0.25, 0.3) is 0 Å². The molecule has 12 heteroatoms. The van der Waals surface area contributed by atoms with Crippen molar-refractivity contribution in [3.05, 3.63) is 0 Å². The van der Waals surface area contributed by atoms with E-state index in [0.29, 0.717) is 0 Å². The van der Waals surface area contributed by atoms with Gasteiger partial charge in [-0.1, -0.05) is 83.1 Å². The molecule has 214 valence electrons. The zero-order chi connectivity index (χ0) is 28.8. The van der Waals surface area contributed by atoms with E-state index in [0.717, 1.165) is 0 Å². The second kappa shape index (κ2) is 48.1. The Morgan fingerprint density at radius 3 is 0.457 bits per heavy atom. The Hall–Kier alpha value is 0.951. The third-order valence-electron chi connectivity index (χ3n) is 1.34. The first kappa shape index (κ1) is 60.5. The summed E-state index contributed by atoms with van der Waals surface area (Å²) in [5.41, 5.74) is -1.11. The van der Waals surface area contributed by atoms with E-state index >= 15 is 0 Å². The maximum absolute atomic E-state index is 9.53.